The fourth-order valence-corrected chi connectivity index (χ4v) is 2.74. The molecule has 0 atom stereocenters. The van der Waals surface area contributed by atoms with Crippen molar-refractivity contribution in [3.05, 3.63) is 82.6 Å². The second-order valence-electron chi connectivity index (χ2n) is 6.10. The minimum absolute atomic E-state index is 0.0199. The van der Waals surface area contributed by atoms with Gasteiger partial charge in [0.2, 0.25) is 0 Å². The fourth-order valence-electron chi connectivity index (χ4n) is 2.51. The molecule has 3 aromatic rings. The van der Waals surface area contributed by atoms with Gasteiger partial charge in [0.05, 0.1) is 11.9 Å². The molecule has 0 fully saturated rings. The zero-order valence-corrected chi connectivity index (χ0v) is 15.7. The number of hydrogen-bond acceptors (Lipinski definition) is 4. The van der Waals surface area contributed by atoms with Gasteiger partial charge in [-0.3, -0.25) is 9.59 Å². The van der Waals surface area contributed by atoms with E-state index in [2.05, 4.69) is 15.6 Å². The van der Waals surface area contributed by atoms with Crippen molar-refractivity contribution >= 4 is 40.4 Å². The van der Waals surface area contributed by atoms with E-state index in [4.69, 9.17) is 11.6 Å². The lowest BCUT2D eigenvalue weighted by atomic mass is 10.1. The van der Waals surface area contributed by atoms with E-state index < -0.39 is 0 Å². The minimum Gasteiger partial charge on any atom is -0.354 e. The Morgan fingerprint density at radius 2 is 1.67 bits per heavy atom. The van der Waals surface area contributed by atoms with Crippen molar-refractivity contribution in [2.75, 3.05) is 10.6 Å². The van der Waals surface area contributed by atoms with E-state index >= 15 is 0 Å². The zero-order chi connectivity index (χ0) is 19.4. The van der Waals surface area contributed by atoms with Crippen molar-refractivity contribution in [2.24, 2.45) is 0 Å². The Balaban J connectivity index is 1.67. The predicted molar refractivity (Wildman–Crippen MR) is 108 cm³/mol. The Morgan fingerprint density at radius 3 is 2.26 bits per heavy atom. The number of aryl methyl sites for hydroxylation is 1. The van der Waals surface area contributed by atoms with Crippen LogP contribution in [0.1, 0.15) is 33.3 Å². The van der Waals surface area contributed by atoms with Gasteiger partial charge in [0.15, 0.2) is 5.78 Å². The van der Waals surface area contributed by atoms with Crippen LogP contribution < -0.4 is 10.6 Å². The molecule has 1 amide bonds. The molecule has 3 rings (SSSR count). The van der Waals surface area contributed by atoms with Gasteiger partial charge in [-0.05, 0) is 74.0 Å². The largest absolute Gasteiger partial charge is 0.354 e. The minimum atomic E-state index is -0.320. The van der Waals surface area contributed by atoms with E-state index in [1.54, 1.807) is 42.6 Å². The van der Waals surface area contributed by atoms with E-state index in [1.807, 2.05) is 25.1 Å². The molecule has 27 heavy (non-hydrogen) atoms. The maximum Gasteiger partial charge on any atom is 0.274 e. The first-order valence-corrected chi connectivity index (χ1v) is 8.72. The number of amides is 1. The van der Waals surface area contributed by atoms with Crippen LogP contribution in [0.25, 0.3) is 0 Å². The van der Waals surface area contributed by atoms with Crippen LogP contribution in [0, 0.1) is 6.92 Å². The van der Waals surface area contributed by atoms with E-state index in [0.717, 1.165) is 16.9 Å². The summed E-state index contributed by atoms with van der Waals surface area (Å²) in [7, 11) is 0. The molecular weight excluding hydrogens is 362 g/mol. The average molecular weight is 380 g/mol. The summed E-state index contributed by atoms with van der Waals surface area (Å²) in [6.07, 6.45) is 1.60. The smallest absolute Gasteiger partial charge is 0.274 e. The van der Waals surface area contributed by atoms with Gasteiger partial charge in [-0.2, -0.15) is 0 Å². The molecule has 2 aromatic carbocycles. The number of aromatic nitrogens is 1. The highest BCUT2D eigenvalue weighted by Gasteiger charge is 2.09. The Labute approximate surface area is 162 Å². The molecule has 0 saturated heterocycles. The lowest BCUT2D eigenvalue weighted by molar-refractivity contribution is 0.101. The molecule has 0 spiro atoms. The van der Waals surface area contributed by atoms with Gasteiger partial charge in [-0.25, -0.2) is 4.98 Å². The molecule has 6 heteroatoms. The molecule has 0 saturated carbocycles. The first-order valence-electron chi connectivity index (χ1n) is 8.34. The summed E-state index contributed by atoms with van der Waals surface area (Å²) in [5.74, 6) is -0.339. The molecule has 136 valence electrons. The number of nitrogens with one attached hydrogen (secondary N) is 2. The van der Waals surface area contributed by atoms with Crippen molar-refractivity contribution in [1.29, 1.82) is 0 Å². The first-order chi connectivity index (χ1) is 12.9. The van der Waals surface area contributed by atoms with Crippen LogP contribution in [-0.4, -0.2) is 16.7 Å². The molecule has 1 aromatic heterocycles. The Hall–Kier alpha value is -3.18. The number of ketones is 1. The second-order valence-corrected chi connectivity index (χ2v) is 6.54. The van der Waals surface area contributed by atoms with Crippen molar-refractivity contribution in [3.63, 3.8) is 0 Å². The summed E-state index contributed by atoms with van der Waals surface area (Å²) in [4.78, 5) is 27.8. The third-order valence-corrected chi connectivity index (χ3v) is 4.25. The van der Waals surface area contributed by atoms with Gasteiger partial charge in [0.1, 0.15) is 5.69 Å². The van der Waals surface area contributed by atoms with E-state index in [1.165, 1.54) is 6.92 Å². The van der Waals surface area contributed by atoms with Crippen LogP contribution in [0.5, 0.6) is 0 Å². The highest BCUT2D eigenvalue weighted by atomic mass is 35.5. The van der Waals surface area contributed by atoms with Crippen molar-refractivity contribution in [2.45, 2.75) is 13.8 Å². The molecule has 0 radical (unpaired) electrons. The summed E-state index contributed by atoms with van der Waals surface area (Å²) in [5.41, 5.74) is 4.19. The predicted octanol–water partition coefficient (Wildman–Crippen LogP) is 5.24. The molecule has 0 bridgehead atoms. The monoisotopic (exact) mass is 379 g/mol. The number of carbonyl (C=O) groups is 2. The molecule has 5 nitrogen and oxygen atoms in total. The van der Waals surface area contributed by atoms with Crippen LogP contribution in [0.3, 0.4) is 0 Å². The van der Waals surface area contributed by atoms with E-state index in [0.29, 0.717) is 22.0 Å². The third-order valence-electron chi connectivity index (χ3n) is 4.01. The average Bonchev–Trinajstić information content (AvgIpc) is 2.65. The highest BCUT2D eigenvalue weighted by molar-refractivity contribution is 6.30. The summed E-state index contributed by atoms with van der Waals surface area (Å²) >= 11 is 5.96. The van der Waals surface area contributed by atoms with Crippen molar-refractivity contribution in [3.8, 4) is 0 Å². The Morgan fingerprint density at radius 1 is 0.963 bits per heavy atom. The maximum atomic E-state index is 12.3. The van der Waals surface area contributed by atoms with Crippen LogP contribution >= 0.6 is 11.6 Å². The fraction of sp³-hybridized carbons (Fsp3) is 0.0952. The normalized spacial score (nSPS) is 10.3. The molecule has 0 aliphatic carbocycles. The molecule has 0 unspecified atom stereocenters. The van der Waals surface area contributed by atoms with Gasteiger partial charge in [-0.15, -0.1) is 0 Å². The van der Waals surface area contributed by atoms with E-state index in [9.17, 15) is 9.59 Å². The van der Waals surface area contributed by atoms with Gasteiger partial charge in [0, 0.05) is 22.0 Å². The quantitative estimate of drug-likeness (QED) is 0.594. The molecule has 1 heterocycles. The number of carbonyl (C=O) groups excluding carboxylic acids is 2. The van der Waals surface area contributed by atoms with E-state index in [-0.39, 0.29) is 11.7 Å². The van der Waals surface area contributed by atoms with Crippen LogP contribution in [0.2, 0.25) is 5.02 Å². The van der Waals surface area contributed by atoms with Gasteiger partial charge >= 0.3 is 0 Å². The van der Waals surface area contributed by atoms with Crippen molar-refractivity contribution < 1.29 is 9.59 Å². The number of rotatable bonds is 5. The maximum absolute atomic E-state index is 12.3. The number of nitrogens with zero attached hydrogens (tertiary/aromatic N) is 1. The number of Topliss-reactive ketones (excluding diaryl/α,β-unsaturated/α-hetero) is 1. The summed E-state index contributed by atoms with van der Waals surface area (Å²) < 4.78 is 0. The van der Waals surface area contributed by atoms with Crippen molar-refractivity contribution in [1.82, 2.24) is 4.98 Å². The zero-order valence-electron chi connectivity index (χ0n) is 14.9. The molecule has 0 aliphatic rings. The Bertz CT molecular complexity index is 983. The standard InChI is InChI=1S/C21H18ClN3O2/c1-13-11-16(22)5-9-19(13)24-18-8-10-20(23-12-18)21(27)25-17-6-3-15(4-7-17)14(2)26/h3-12,24H,1-2H3,(H,25,27). The molecular formula is C21H18ClN3O2. The lowest BCUT2D eigenvalue weighted by Crippen LogP contribution is -2.13. The number of anilines is 3. The first kappa shape index (κ1) is 18.6. The van der Waals surface area contributed by atoms with Crippen LogP contribution in [0.4, 0.5) is 17.1 Å². The summed E-state index contributed by atoms with van der Waals surface area (Å²) in [5, 5.41) is 6.69. The molecule has 0 aliphatic heterocycles. The third kappa shape index (κ3) is 4.71. The lowest BCUT2D eigenvalue weighted by Gasteiger charge is -2.10. The van der Waals surface area contributed by atoms with Gasteiger partial charge in [0.25, 0.3) is 5.91 Å². The highest BCUT2D eigenvalue weighted by Crippen LogP contribution is 2.23. The topological polar surface area (TPSA) is 71.1 Å². The summed E-state index contributed by atoms with van der Waals surface area (Å²) in [6, 6.07) is 15.7. The number of benzene rings is 2. The van der Waals surface area contributed by atoms with Crippen LogP contribution in [0.15, 0.2) is 60.8 Å². The second kappa shape index (κ2) is 8.01. The van der Waals surface area contributed by atoms with Gasteiger partial charge in [-0.1, -0.05) is 11.6 Å². The number of pyridine rings is 1. The SMILES string of the molecule is CC(=O)c1ccc(NC(=O)c2ccc(Nc3ccc(Cl)cc3C)cn2)cc1. The Kier molecular flexibility index (Phi) is 5.52. The van der Waals surface area contributed by atoms with Crippen LogP contribution in [-0.2, 0) is 0 Å². The molecule has 2 N–H and O–H groups in total. The number of hydrogen-bond donors (Lipinski definition) is 2. The van der Waals surface area contributed by atoms with Gasteiger partial charge < -0.3 is 10.6 Å². The number of halogens is 1. The summed E-state index contributed by atoms with van der Waals surface area (Å²) in [6.45, 7) is 3.46.